The highest BCUT2D eigenvalue weighted by molar-refractivity contribution is 5.87. The van der Waals surface area contributed by atoms with E-state index in [1.54, 1.807) is 6.08 Å². The lowest BCUT2D eigenvalue weighted by Gasteiger charge is -2.40. The second-order valence-corrected chi connectivity index (χ2v) is 5.28. The van der Waals surface area contributed by atoms with Crippen molar-refractivity contribution in [3.63, 3.8) is 0 Å². The minimum absolute atomic E-state index is 0.494. The van der Waals surface area contributed by atoms with Crippen LogP contribution in [0.5, 0.6) is 0 Å². The van der Waals surface area contributed by atoms with Gasteiger partial charge in [0.2, 0.25) is 0 Å². The average Bonchev–Trinajstić information content (AvgIpc) is 2.40. The predicted molar refractivity (Wildman–Crippen MR) is 78.3 cm³/mol. The van der Waals surface area contributed by atoms with Crippen LogP contribution in [0.4, 0.5) is 5.69 Å². The molecule has 3 heteroatoms. The molecule has 1 aromatic rings. The van der Waals surface area contributed by atoms with Crippen LogP contribution in [0.25, 0.3) is 6.08 Å². The van der Waals surface area contributed by atoms with E-state index >= 15 is 0 Å². The van der Waals surface area contributed by atoms with Crippen molar-refractivity contribution in [2.45, 2.75) is 32.7 Å². The van der Waals surface area contributed by atoms with Gasteiger partial charge in [0.05, 0.1) is 0 Å². The molecule has 1 N–H and O–H groups in total. The zero-order chi connectivity index (χ0) is 13.8. The van der Waals surface area contributed by atoms with Crippen LogP contribution < -0.4 is 4.90 Å². The van der Waals surface area contributed by atoms with Gasteiger partial charge in [-0.3, -0.25) is 0 Å². The van der Waals surface area contributed by atoms with Gasteiger partial charge in [0.15, 0.2) is 0 Å². The summed E-state index contributed by atoms with van der Waals surface area (Å²) in [7, 11) is 0. The molecule has 0 bridgehead atoms. The topological polar surface area (TPSA) is 40.5 Å². The fourth-order valence-corrected chi connectivity index (χ4v) is 2.73. The van der Waals surface area contributed by atoms with Crippen LogP contribution >= 0.6 is 0 Å². The van der Waals surface area contributed by atoms with E-state index in [0.717, 1.165) is 17.8 Å². The van der Waals surface area contributed by atoms with Gasteiger partial charge >= 0.3 is 5.97 Å². The van der Waals surface area contributed by atoms with Crippen LogP contribution in [0.2, 0.25) is 0 Å². The van der Waals surface area contributed by atoms with Crippen molar-refractivity contribution in [3.05, 3.63) is 35.9 Å². The third-order valence-electron chi connectivity index (χ3n) is 4.03. The Bertz CT molecular complexity index is 481. The molecule has 0 saturated carbocycles. The van der Waals surface area contributed by atoms with Gasteiger partial charge in [0.25, 0.3) is 0 Å². The second-order valence-electron chi connectivity index (χ2n) is 5.28. The van der Waals surface area contributed by atoms with Crippen molar-refractivity contribution in [2.75, 3.05) is 11.4 Å². The molecule has 0 aliphatic carbocycles. The van der Waals surface area contributed by atoms with E-state index in [4.69, 9.17) is 5.11 Å². The Kier molecular flexibility index (Phi) is 4.25. The van der Waals surface area contributed by atoms with Gasteiger partial charge in [0, 0.05) is 24.4 Å². The maximum absolute atomic E-state index is 10.7. The summed E-state index contributed by atoms with van der Waals surface area (Å²) in [5.41, 5.74) is 2.12. The number of aliphatic carboxylic acids is 1. The minimum Gasteiger partial charge on any atom is -0.478 e. The van der Waals surface area contributed by atoms with Gasteiger partial charge in [-0.25, -0.2) is 4.79 Å². The predicted octanol–water partition coefficient (Wildman–Crippen LogP) is 3.41. The van der Waals surface area contributed by atoms with Crippen molar-refractivity contribution in [3.8, 4) is 0 Å². The van der Waals surface area contributed by atoms with Crippen molar-refractivity contribution in [1.29, 1.82) is 0 Å². The van der Waals surface area contributed by atoms with Crippen LogP contribution in [-0.2, 0) is 4.79 Å². The van der Waals surface area contributed by atoms with Gasteiger partial charge in [-0.05, 0) is 43.4 Å². The van der Waals surface area contributed by atoms with E-state index in [0.29, 0.717) is 12.0 Å². The van der Waals surface area contributed by atoms with E-state index in [1.165, 1.54) is 18.9 Å². The average molecular weight is 259 g/mol. The molecule has 1 saturated heterocycles. The van der Waals surface area contributed by atoms with Gasteiger partial charge in [-0.1, -0.05) is 25.1 Å². The monoisotopic (exact) mass is 259 g/mol. The Morgan fingerprint density at radius 3 is 2.84 bits per heavy atom. The number of carboxylic acid groups (broad SMARTS) is 1. The summed E-state index contributed by atoms with van der Waals surface area (Å²) in [6, 6.07) is 8.51. The zero-order valence-electron chi connectivity index (χ0n) is 11.5. The fourth-order valence-electron chi connectivity index (χ4n) is 2.73. The lowest BCUT2D eigenvalue weighted by atomic mass is 9.91. The van der Waals surface area contributed by atoms with Crippen LogP contribution in [0.3, 0.4) is 0 Å². The minimum atomic E-state index is -0.908. The van der Waals surface area contributed by atoms with E-state index in [9.17, 15) is 4.79 Å². The molecule has 1 heterocycles. The summed E-state index contributed by atoms with van der Waals surface area (Å²) >= 11 is 0. The molecule has 3 nitrogen and oxygen atoms in total. The molecule has 102 valence electrons. The number of anilines is 1. The molecule has 1 fully saturated rings. The highest BCUT2D eigenvalue weighted by Gasteiger charge is 2.25. The Hall–Kier alpha value is -1.77. The molecule has 0 aromatic heterocycles. The first-order chi connectivity index (χ1) is 9.09. The maximum atomic E-state index is 10.7. The summed E-state index contributed by atoms with van der Waals surface area (Å²) in [5.74, 6) is -0.236. The number of benzene rings is 1. The largest absolute Gasteiger partial charge is 0.478 e. The first kappa shape index (κ1) is 13.7. The molecule has 1 aliphatic rings. The highest BCUT2D eigenvalue weighted by atomic mass is 16.4. The standard InChI is InChI=1S/C16H21NO2/c1-12-6-5-11-17(13(12)2)15-8-4-3-7-14(15)9-10-16(18)19/h3-4,7-10,12-13H,5-6,11H2,1-2H3,(H,18,19). The smallest absolute Gasteiger partial charge is 0.328 e. The van der Waals surface area contributed by atoms with Crippen molar-refractivity contribution in [1.82, 2.24) is 0 Å². The fraction of sp³-hybridized carbons (Fsp3) is 0.438. The van der Waals surface area contributed by atoms with Gasteiger partial charge in [0.1, 0.15) is 0 Å². The molecule has 19 heavy (non-hydrogen) atoms. The van der Waals surface area contributed by atoms with Gasteiger partial charge in [-0.2, -0.15) is 0 Å². The molecule has 1 aliphatic heterocycles. The highest BCUT2D eigenvalue weighted by Crippen LogP contribution is 2.31. The number of hydrogen-bond acceptors (Lipinski definition) is 2. The number of nitrogens with zero attached hydrogens (tertiary/aromatic N) is 1. The molecule has 0 radical (unpaired) electrons. The summed E-state index contributed by atoms with van der Waals surface area (Å²) in [6.07, 6.45) is 5.35. The zero-order valence-corrected chi connectivity index (χ0v) is 11.5. The molecule has 2 atom stereocenters. The number of hydrogen-bond donors (Lipinski definition) is 1. The van der Waals surface area contributed by atoms with Crippen LogP contribution in [0, 0.1) is 5.92 Å². The first-order valence-corrected chi connectivity index (χ1v) is 6.86. The lowest BCUT2D eigenvalue weighted by Crippen LogP contribution is -2.42. The summed E-state index contributed by atoms with van der Waals surface area (Å²) < 4.78 is 0. The Morgan fingerprint density at radius 2 is 2.11 bits per heavy atom. The maximum Gasteiger partial charge on any atom is 0.328 e. The number of rotatable bonds is 3. The van der Waals surface area contributed by atoms with Crippen molar-refractivity contribution < 1.29 is 9.90 Å². The second kappa shape index (κ2) is 5.91. The van der Waals surface area contributed by atoms with Crippen LogP contribution in [0.1, 0.15) is 32.3 Å². The molecule has 2 rings (SSSR count). The van der Waals surface area contributed by atoms with E-state index in [-0.39, 0.29) is 0 Å². The SMILES string of the molecule is CC1CCCN(c2ccccc2C=CC(=O)O)C1C. The van der Waals surface area contributed by atoms with Crippen LogP contribution in [0.15, 0.2) is 30.3 Å². The lowest BCUT2D eigenvalue weighted by molar-refractivity contribution is -0.131. The third-order valence-corrected chi connectivity index (χ3v) is 4.03. The van der Waals surface area contributed by atoms with Gasteiger partial charge < -0.3 is 10.0 Å². The first-order valence-electron chi connectivity index (χ1n) is 6.86. The molecular formula is C16H21NO2. The summed E-state index contributed by atoms with van der Waals surface area (Å²) in [6.45, 7) is 5.58. The molecule has 1 aromatic carbocycles. The quantitative estimate of drug-likeness (QED) is 0.846. The third kappa shape index (κ3) is 3.16. The Morgan fingerprint density at radius 1 is 1.37 bits per heavy atom. The number of carboxylic acids is 1. The summed E-state index contributed by atoms with van der Waals surface area (Å²) in [4.78, 5) is 13.1. The molecule has 2 unspecified atom stereocenters. The number of piperidine rings is 1. The van der Waals surface area contributed by atoms with E-state index < -0.39 is 5.97 Å². The van der Waals surface area contributed by atoms with Crippen molar-refractivity contribution >= 4 is 17.7 Å². The van der Waals surface area contributed by atoms with E-state index in [2.05, 4.69) is 24.8 Å². The number of carbonyl (C=O) groups is 1. The number of para-hydroxylation sites is 1. The Labute approximate surface area is 114 Å². The molecular weight excluding hydrogens is 238 g/mol. The normalized spacial score (nSPS) is 23.8. The Balaban J connectivity index is 2.31. The molecule has 0 amide bonds. The van der Waals surface area contributed by atoms with Crippen LogP contribution in [-0.4, -0.2) is 23.7 Å². The van der Waals surface area contributed by atoms with E-state index in [1.807, 2.05) is 18.2 Å². The summed E-state index contributed by atoms with van der Waals surface area (Å²) in [5, 5.41) is 8.77. The van der Waals surface area contributed by atoms with Gasteiger partial charge in [-0.15, -0.1) is 0 Å². The molecule has 0 spiro atoms. The van der Waals surface area contributed by atoms with Crippen molar-refractivity contribution in [2.24, 2.45) is 5.92 Å².